The second-order valence-electron chi connectivity index (χ2n) is 5.30. The van der Waals surface area contributed by atoms with Gasteiger partial charge in [0.2, 0.25) is 5.91 Å². The van der Waals surface area contributed by atoms with Crippen LogP contribution in [0.1, 0.15) is 44.9 Å². The molecule has 0 radical (unpaired) electrons. The van der Waals surface area contributed by atoms with E-state index in [-0.39, 0.29) is 18.4 Å². The Balaban J connectivity index is 1.91. The molecule has 0 aromatic rings. The lowest BCUT2D eigenvalue weighted by molar-refractivity contribution is -0.222. The van der Waals surface area contributed by atoms with Gasteiger partial charge in [-0.1, -0.05) is 19.3 Å². The first-order chi connectivity index (χ1) is 10.4. The van der Waals surface area contributed by atoms with Crippen molar-refractivity contribution in [1.29, 1.82) is 0 Å². The summed E-state index contributed by atoms with van der Waals surface area (Å²) in [7, 11) is 1.47. The first-order valence-electron chi connectivity index (χ1n) is 7.54. The molecular weight excluding hydrogens is 303 g/mol. The van der Waals surface area contributed by atoms with E-state index in [1.54, 1.807) is 0 Å². The molecule has 1 N–H and O–H groups in total. The molecule has 0 spiro atoms. The highest BCUT2D eigenvalue weighted by Crippen LogP contribution is 2.23. The molecule has 22 heavy (non-hydrogen) atoms. The van der Waals surface area contributed by atoms with Gasteiger partial charge in [0.15, 0.2) is 0 Å². The molecule has 0 bridgehead atoms. The molecule has 0 aromatic heterocycles. The number of ether oxygens (including phenoxy) is 3. The molecule has 2 atom stereocenters. The monoisotopic (exact) mass is 327 g/mol. The summed E-state index contributed by atoms with van der Waals surface area (Å²) in [6.07, 6.45) is -1.74. The number of nitrogens with one attached hydrogen (secondary N) is 1. The van der Waals surface area contributed by atoms with Crippen molar-refractivity contribution in [3.63, 3.8) is 0 Å². The highest BCUT2D eigenvalue weighted by Gasteiger charge is 2.26. The molecule has 0 aromatic carbocycles. The van der Waals surface area contributed by atoms with Crippen molar-refractivity contribution in [2.24, 2.45) is 0 Å². The number of halogens is 3. The fourth-order valence-corrected chi connectivity index (χ4v) is 2.11. The zero-order valence-corrected chi connectivity index (χ0v) is 12.8. The largest absolute Gasteiger partial charge is 0.389 e. The minimum Gasteiger partial charge on any atom is -0.353 e. The van der Waals surface area contributed by atoms with Crippen LogP contribution in [0.3, 0.4) is 0 Å². The molecule has 8 heteroatoms. The van der Waals surface area contributed by atoms with E-state index in [9.17, 15) is 18.0 Å². The predicted molar refractivity (Wildman–Crippen MR) is 73.0 cm³/mol. The summed E-state index contributed by atoms with van der Waals surface area (Å²) in [4.78, 5) is 11.6. The Morgan fingerprint density at radius 2 is 1.91 bits per heavy atom. The van der Waals surface area contributed by atoms with Gasteiger partial charge in [-0.2, -0.15) is 13.2 Å². The second kappa shape index (κ2) is 10.0. The van der Waals surface area contributed by atoms with Crippen molar-refractivity contribution in [3.8, 4) is 0 Å². The standard InChI is InChI=1S/C14H24F3NO4/c1-20-13-21-10-11(22-13)9-18-12(19)7-5-3-2-4-6-8-14(15,16)17/h11,13H,2-10H2,1H3,(H,18,19). The zero-order chi connectivity index (χ0) is 16.4. The molecule has 5 nitrogen and oxygen atoms in total. The number of carbonyl (C=O) groups is 1. The zero-order valence-electron chi connectivity index (χ0n) is 12.8. The fourth-order valence-electron chi connectivity index (χ4n) is 2.11. The third-order valence-corrected chi connectivity index (χ3v) is 3.31. The van der Waals surface area contributed by atoms with E-state index in [0.29, 0.717) is 32.4 Å². The molecule has 1 amide bonds. The Morgan fingerprint density at radius 1 is 1.23 bits per heavy atom. The van der Waals surface area contributed by atoms with Gasteiger partial charge in [0.25, 0.3) is 6.48 Å². The van der Waals surface area contributed by atoms with Crippen LogP contribution in [0.4, 0.5) is 13.2 Å². The number of hydrogen-bond donors (Lipinski definition) is 1. The molecule has 1 saturated heterocycles. The van der Waals surface area contributed by atoms with Crippen LogP contribution in [0.5, 0.6) is 0 Å². The maximum Gasteiger partial charge on any atom is 0.389 e. The summed E-state index contributed by atoms with van der Waals surface area (Å²) in [5.74, 6) is -0.0836. The summed E-state index contributed by atoms with van der Waals surface area (Å²) in [6.45, 7) is 0.0704. The molecule has 1 heterocycles. The van der Waals surface area contributed by atoms with E-state index >= 15 is 0 Å². The number of alkyl halides is 3. The van der Waals surface area contributed by atoms with Crippen LogP contribution in [-0.4, -0.2) is 44.9 Å². The summed E-state index contributed by atoms with van der Waals surface area (Å²) in [5, 5.41) is 2.74. The summed E-state index contributed by atoms with van der Waals surface area (Å²) < 4.78 is 51.0. The predicted octanol–water partition coefficient (Wildman–Crippen LogP) is 2.74. The van der Waals surface area contributed by atoms with E-state index in [1.165, 1.54) is 7.11 Å². The fraction of sp³-hybridized carbons (Fsp3) is 0.929. The van der Waals surface area contributed by atoms with Crippen LogP contribution in [0.15, 0.2) is 0 Å². The van der Waals surface area contributed by atoms with Crippen LogP contribution >= 0.6 is 0 Å². The molecule has 1 fully saturated rings. The lowest BCUT2D eigenvalue weighted by atomic mass is 10.1. The Hall–Kier alpha value is -0.860. The van der Waals surface area contributed by atoms with E-state index in [0.717, 1.165) is 12.8 Å². The molecule has 1 aliphatic rings. The maximum atomic E-state index is 11.9. The highest BCUT2D eigenvalue weighted by atomic mass is 19.4. The number of rotatable bonds is 10. The quantitative estimate of drug-likeness (QED) is 0.627. The van der Waals surface area contributed by atoms with Crippen LogP contribution in [0, 0.1) is 0 Å². The maximum absolute atomic E-state index is 11.9. The van der Waals surface area contributed by atoms with Gasteiger partial charge in [-0.3, -0.25) is 4.79 Å². The van der Waals surface area contributed by atoms with Gasteiger partial charge >= 0.3 is 6.18 Å². The van der Waals surface area contributed by atoms with Gasteiger partial charge in [-0.25, -0.2) is 0 Å². The van der Waals surface area contributed by atoms with Crippen molar-refractivity contribution in [3.05, 3.63) is 0 Å². The Morgan fingerprint density at radius 3 is 2.55 bits per heavy atom. The smallest absolute Gasteiger partial charge is 0.353 e. The second-order valence-corrected chi connectivity index (χ2v) is 5.30. The van der Waals surface area contributed by atoms with Crippen molar-refractivity contribution in [2.45, 2.75) is 63.7 Å². The van der Waals surface area contributed by atoms with Gasteiger partial charge in [0.1, 0.15) is 6.10 Å². The SMILES string of the molecule is COC1OCC(CNC(=O)CCCCCCCC(F)(F)F)O1. The van der Waals surface area contributed by atoms with Gasteiger partial charge in [-0.05, 0) is 12.8 Å². The molecule has 130 valence electrons. The van der Waals surface area contributed by atoms with E-state index in [1.807, 2.05) is 0 Å². The summed E-state index contributed by atoms with van der Waals surface area (Å²) >= 11 is 0. The lowest BCUT2D eigenvalue weighted by Crippen LogP contribution is -2.33. The molecule has 1 rings (SSSR count). The van der Waals surface area contributed by atoms with Crippen LogP contribution in [0.2, 0.25) is 0 Å². The van der Waals surface area contributed by atoms with Gasteiger partial charge < -0.3 is 19.5 Å². The van der Waals surface area contributed by atoms with E-state index < -0.39 is 19.1 Å². The summed E-state index contributed by atoms with van der Waals surface area (Å²) in [5.41, 5.74) is 0. The van der Waals surface area contributed by atoms with Crippen molar-refractivity contribution < 1.29 is 32.2 Å². The average Bonchev–Trinajstić information content (AvgIpc) is 2.91. The number of methoxy groups -OCH3 is 1. The van der Waals surface area contributed by atoms with E-state index in [2.05, 4.69) is 5.32 Å². The Kier molecular flexibility index (Phi) is 8.74. The van der Waals surface area contributed by atoms with Gasteiger partial charge in [-0.15, -0.1) is 0 Å². The van der Waals surface area contributed by atoms with Crippen molar-refractivity contribution >= 4 is 5.91 Å². The molecule has 2 unspecified atom stereocenters. The van der Waals surface area contributed by atoms with Gasteiger partial charge in [0.05, 0.1) is 6.61 Å². The first kappa shape index (κ1) is 19.2. The first-order valence-corrected chi connectivity index (χ1v) is 7.54. The number of amides is 1. The normalized spacial score (nSPS) is 22.0. The van der Waals surface area contributed by atoms with Crippen molar-refractivity contribution in [1.82, 2.24) is 5.32 Å². The van der Waals surface area contributed by atoms with Crippen LogP contribution < -0.4 is 5.32 Å². The third-order valence-electron chi connectivity index (χ3n) is 3.31. The number of carbonyl (C=O) groups excluding carboxylic acids is 1. The third kappa shape index (κ3) is 9.22. The minimum atomic E-state index is -4.06. The number of unbranched alkanes of at least 4 members (excludes halogenated alkanes) is 4. The van der Waals surface area contributed by atoms with Gasteiger partial charge in [0, 0.05) is 26.5 Å². The average molecular weight is 327 g/mol. The van der Waals surface area contributed by atoms with E-state index in [4.69, 9.17) is 14.2 Å². The topological polar surface area (TPSA) is 56.8 Å². The Labute approximate surface area is 128 Å². The lowest BCUT2D eigenvalue weighted by Gasteiger charge is -2.11. The van der Waals surface area contributed by atoms with Crippen molar-refractivity contribution in [2.75, 3.05) is 20.3 Å². The molecular formula is C14H24F3NO4. The van der Waals surface area contributed by atoms with Crippen LogP contribution in [-0.2, 0) is 19.0 Å². The minimum absolute atomic E-state index is 0.0836. The summed E-state index contributed by atoms with van der Waals surface area (Å²) in [6, 6.07) is 0. The molecule has 0 aliphatic carbocycles. The Bertz CT molecular complexity index is 326. The molecule has 1 aliphatic heterocycles. The molecule has 0 saturated carbocycles. The highest BCUT2D eigenvalue weighted by molar-refractivity contribution is 5.75. The number of hydrogen-bond acceptors (Lipinski definition) is 4. The van der Waals surface area contributed by atoms with Crippen LogP contribution in [0.25, 0.3) is 0 Å².